The highest BCUT2D eigenvalue weighted by atomic mass is 16.6. The minimum absolute atomic E-state index is 0.0715. The Morgan fingerprint density at radius 1 is 0.260 bits per heavy atom. The number of hydrogen-bond donors (Lipinski definition) is 0. The fraction of sp³-hybridized carbons (Fsp3) is 0.845. The zero-order valence-electron chi connectivity index (χ0n) is 51.7. The molecule has 0 heterocycles. The number of ether oxygens (including phenoxy) is 3. The first kappa shape index (κ1) is 74.4. The fourth-order valence-electron chi connectivity index (χ4n) is 10.2. The lowest BCUT2D eigenvalue weighted by Gasteiger charge is -2.18. The lowest BCUT2D eigenvalue weighted by molar-refractivity contribution is -0.167. The van der Waals surface area contributed by atoms with E-state index in [2.05, 4.69) is 69.4 Å². The predicted octanol–water partition coefficient (Wildman–Crippen LogP) is 23.3. The Hall–Kier alpha value is -2.63. The summed E-state index contributed by atoms with van der Waals surface area (Å²) in [7, 11) is 0. The van der Waals surface area contributed by atoms with Crippen molar-refractivity contribution in [2.75, 3.05) is 13.2 Å². The molecule has 1 atom stereocenters. The lowest BCUT2D eigenvalue weighted by atomic mass is 10.0. The predicted molar refractivity (Wildman–Crippen MR) is 335 cm³/mol. The Morgan fingerprint density at radius 3 is 0.727 bits per heavy atom. The van der Waals surface area contributed by atoms with Gasteiger partial charge in [0.2, 0.25) is 0 Å². The highest BCUT2D eigenvalue weighted by Crippen LogP contribution is 2.18. The third kappa shape index (κ3) is 64.1. The van der Waals surface area contributed by atoms with Gasteiger partial charge in [0.1, 0.15) is 13.2 Å². The van der Waals surface area contributed by atoms with Crippen LogP contribution in [0.2, 0.25) is 0 Å². The summed E-state index contributed by atoms with van der Waals surface area (Å²) in [5.41, 5.74) is 0. The average Bonchev–Trinajstić information content (AvgIpc) is 3.43. The monoisotopic (exact) mass is 1080 g/mol. The molecule has 0 amide bonds. The van der Waals surface area contributed by atoms with E-state index in [4.69, 9.17) is 14.2 Å². The van der Waals surface area contributed by atoms with Crippen molar-refractivity contribution in [1.82, 2.24) is 0 Å². The van der Waals surface area contributed by atoms with E-state index in [-0.39, 0.29) is 31.1 Å². The molecule has 0 aliphatic heterocycles. The Morgan fingerprint density at radius 2 is 0.468 bits per heavy atom. The van der Waals surface area contributed by atoms with Crippen LogP contribution in [0, 0.1) is 0 Å². The molecule has 0 aromatic carbocycles. The van der Waals surface area contributed by atoms with E-state index in [9.17, 15) is 14.4 Å². The molecule has 0 aliphatic carbocycles. The van der Waals surface area contributed by atoms with Gasteiger partial charge in [0, 0.05) is 19.3 Å². The number of hydrogen-bond acceptors (Lipinski definition) is 6. The summed E-state index contributed by atoms with van der Waals surface area (Å²) in [6.45, 7) is 6.65. The van der Waals surface area contributed by atoms with Crippen LogP contribution >= 0.6 is 0 Å². The zero-order valence-corrected chi connectivity index (χ0v) is 51.7. The molecule has 0 saturated carbocycles. The molecular weight excluding hydrogens is 949 g/mol. The van der Waals surface area contributed by atoms with E-state index in [0.29, 0.717) is 19.3 Å². The molecule has 0 aromatic rings. The molecule has 450 valence electrons. The van der Waals surface area contributed by atoms with Gasteiger partial charge in [-0.05, 0) is 83.5 Å². The number of rotatable bonds is 63. The molecule has 0 fully saturated rings. The Bertz CT molecular complexity index is 1330. The van der Waals surface area contributed by atoms with Crippen molar-refractivity contribution in [2.45, 2.75) is 374 Å². The topological polar surface area (TPSA) is 78.9 Å². The number of allylic oxidation sites excluding steroid dienone is 8. The van der Waals surface area contributed by atoms with Gasteiger partial charge in [-0.25, -0.2) is 0 Å². The third-order valence-corrected chi connectivity index (χ3v) is 15.3. The van der Waals surface area contributed by atoms with Crippen LogP contribution in [-0.4, -0.2) is 37.2 Å². The number of esters is 3. The van der Waals surface area contributed by atoms with Crippen LogP contribution < -0.4 is 0 Å². The Kier molecular flexibility index (Phi) is 63.6. The van der Waals surface area contributed by atoms with Crippen LogP contribution in [0.1, 0.15) is 367 Å². The minimum atomic E-state index is -0.774. The van der Waals surface area contributed by atoms with Crippen LogP contribution in [0.5, 0.6) is 0 Å². The van der Waals surface area contributed by atoms with Crippen LogP contribution in [0.3, 0.4) is 0 Å². The van der Waals surface area contributed by atoms with Crippen molar-refractivity contribution in [3.8, 4) is 0 Å². The highest BCUT2D eigenvalue weighted by molar-refractivity contribution is 5.71. The molecule has 6 heteroatoms. The zero-order chi connectivity index (χ0) is 55.7. The molecule has 1 unspecified atom stereocenters. The standard InChI is InChI=1S/C71H130O6/c1-4-7-10-13-16-19-22-24-26-28-30-31-32-33-34-35-36-37-38-39-40-41-42-44-45-47-49-52-55-58-61-64-70(73)76-67-68(66-75-69(72)63-60-57-54-51-21-18-15-12-9-6-3)77-71(74)65-62-59-56-53-50-48-46-43-29-27-25-23-20-17-14-11-8-5-2/h20,22-24,27-30,68H,4-19,21,25-26,31-67H2,1-3H3/b23-20-,24-22-,29-27-,30-28-. The van der Waals surface area contributed by atoms with Crippen molar-refractivity contribution in [3.63, 3.8) is 0 Å². The average molecular weight is 1080 g/mol. The van der Waals surface area contributed by atoms with E-state index < -0.39 is 6.10 Å². The van der Waals surface area contributed by atoms with Gasteiger partial charge in [0.05, 0.1) is 0 Å². The summed E-state index contributed by atoms with van der Waals surface area (Å²) in [6.07, 6.45) is 82.9. The van der Waals surface area contributed by atoms with E-state index in [1.54, 1.807) is 0 Å². The molecule has 0 saturated heterocycles. The second-order valence-corrected chi connectivity index (χ2v) is 23.1. The van der Waals surface area contributed by atoms with Gasteiger partial charge >= 0.3 is 17.9 Å². The molecule has 0 aromatic heterocycles. The number of unbranched alkanes of at least 4 members (excludes halogenated alkanes) is 44. The summed E-state index contributed by atoms with van der Waals surface area (Å²) < 4.78 is 16.9. The maximum atomic E-state index is 12.9. The van der Waals surface area contributed by atoms with Gasteiger partial charge < -0.3 is 14.2 Å². The van der Waals surface area contributed by atoms with Gasteiger partial charge in [-0.1, -0.05) is 313 Å². The first-order valence-corrected chi connectivity index (χ1v) is 34.1. The number of carbonyl (C=O) groups is 3. The van der Waals surface area contributed by atoms with Crippen LogP contribution in [0.15, 0.2) is 48.6 Å². The smallest absolute Gasteiger partial charge is 0.306 e. The SMILES string of the molecule is CCCCCC/C=C\C/C=C\CCCCCCCCCC(=O)OC(COC(=O)CCCCCCCCCCCC)COC(=O)CCCCCCCCCCCCCCCCCCCCC/C=C\C/C=C\CCCCCCC. The second-order valence-electron chi connectivity index (χ2n) is 23.1. The van der Waals surface area contributed by atoms with Crippen molar-refractivity contribution >= 4 is 17.9 Å². The lowest BCUT2D eigenvalue weighted by Crippen LogP contribution is -2.30. The van der Waals surface area contributed by atoms with E-state index in [0.717, 1.165) is 77.0 Å². The molecule has 77 heavy (non-hydrogen) atoms. The Labute approximate surface area is 479 Å². The summed E-state index contributed by atoms with van der Waals surface area (Å²) in [6, 6.07) is 0. The van der Waals surface area contributed by atoms with Gasteiger partial charge in [0.25, 0.3) is 0 Å². The first-order chi connectivity index (χ1) is 38.0. The maximum absolute atomic E-state index is 12.9. The third-order valence-electron chi connectivity index (χ3n) is 15.3. The quantitative estimate of drug-likeness (QED) is 0.0261. The van der Waals surface area contributed by atoms with E-state index >= 15 is 0 Å². The van der Waals surface area contributed by atoms with Crippen molar-refractivity contribution in [2.24, 2.45) is 0 Å². The maximum Gasteiger partial charge on any atom is 0.306 e. The minimum Gasteiger partial charge on any atom is -0.462 e. The van der Waals surface area contributed by atoms with E-state index in [1.165, 1.54) is 250 Å². The van der Waals surface area contributed by atoms with Gasteiger partial charge in [-0.2, -0.15) is 0 Å². The van der Waals surface area contributed by atoms with Crippen LogP contribution in [0.25, 0.3) is 0 Å². The largest absolute Gasteiger partial charge is 0.462 e. The summed E-state index contributed by atoms with van der Waals surface area (Å²) in [4.78, 5) is 38.2. The van der Waals surface area contributed by atoms with Gasteiger partial charge in [-0.3, -0.25) is 14.4 Å². The summed E-state index contributed by atoms with van der Waals surface area (Å²) >= 11 is 0. The molecule has 0 rings (SSSR count). The Balaban J connectivity index is 4.10. The van der Waals surface area contributed by atoms with Gasteiger partial charge in [-0.15, -0.1) is 0 Å². The molecule has 0 N–H and O–H groups in total. The molecule has 0 radical (unpaired) electrons. The molecule has 0 aliphatic rings. The molecule has 0 spiro atoms. The highest BCUT2D eigenvalue weighted by Gasteiger charge is 2.19. The molecular formula is C71H130O6. The van der Waals surface area contributed by atoms with Crippen molar-refractivity contribution in [1.29, 1.82) is 0 Å². The molecule has 0 bridgehead atoms. The fourth-order valence-corrected chi connectivity index (χ4v) is 10.2. The summed E-state index contributed by atoms with van der Waals surface area (Å²) in [5.74, 6) is -0.859. The second kappa shape index (κ2) is 65.9. The van der Waals surface area contributed by atoms with Crippen molar-refractivity contribution < 1.29 is 28.6 Å². The van der Waals surface area contributed by atoms with Gasteiger partial charge in [0.15, 0.2) is 6.10 Å². The summed E-state index contributed by atoms with van der Waals surface area (Å²) in [5, 5.41) is 0. The van der Waals surface area contributed by atoms with Crippen molar-refractivity contribution in [3.05, 3.63) is 48.6 Å². The first-order valence-electron chi connectivity index (χ1n) is 34.1. The molecule has 6 nitrogen and oxygen atoms in total. The van der Waals surface area contributed by atoms with Crippen LogP contribution in [-0.2, 0) is 28.6 Å². The normalized spacial score (nSPS) is 12.3. The number of carbonyl (C=O) groups excluding carboxylic acids is 3. The van der Waals surface area contributed by atoms with Crippen LogP contribution in [0.4, 0.5) is 0 Å². The van der Waals surface area contributed by atoms with E-state index in [1.807, 2.05) is 0 Å².